The Morgan fingerprint density at radius 1 is 0.952 bits per heavy atom. The molecule has 0 aliphatic carbocycles. The summed E-state index contributed by atoms with van der Waals surface area (Å²) >= 11 is 0. The van der Waals surface area contributed by atoms with E-state index in [2.05, 4.69) is 40.6 Å². The Morgan fingerprint density at radius 3 is 2.57 bits per heavy atom. The van der Waals surface area contributed by atoms with Crippen LogP contribution in [0.4, 0.5) is 0 Å². The van der Waals surface area contributed by atoms with E-state index in [0.29, 0.717) is 12.1 Å². The van der Waals surface area contributed by atoms with Crippen LogP contribution < -0.4 is 5.32 Å². The fraction of sp³-hybridized carbons (Fsp3) is 0.111. The summed E-state index contributed by atoms with van der Waals surface area (Å²) < 4.78 is 0. The van der Waals surface area contributed by atoms with Gasteiger partial charge < -0.3 is 5.32 Å². The number of hydrogen-bond acceptors (Lipinski definition) is 2. The van der Waals surface area contributed by atoms with Crippen LogP contribution in [0.15, 0.2) is 67.0 Å². The molecular weight excluding hydrogens is 260 g/mol. The highest BCUT2D eigenvalue weighted by Crippen LogP contribution is 2.18. The van der Waals surface area contributed by atoms with Gasteiger partial charge in [-0.05, 0) is 34.9 Å². The van der Waals surface area contributed by atoms with E-state index in [1.165, 1.54) is 16.3 Å². The van der Waals surface area contributed by atoms with Gasteiger partial charge in [0.15, 0.2) is 0 Å². The van der Waals surface area contributed by atoms with Crippen molar-refractivity contribution in [2.75, 3.05) is 6.54 Å². The number of nitrogens with one attached hydrogen (secondary N) is 1. The van der Waals surface area contributed by atoms with Crippen LogP contribution in [0, 0.1) is 0 Å². The van der Waals surface area contributed by atoms with Gasteiger partial charge in [0.2, 0.25) is 0 Å². The second kappa shape index (κ2) is 6.18. The summed E-state index contributed by atoms with van der Waals surface area (Å²) in [6.07, 6.45) is 4.07. The van der Waals surface area contributed by atoms with Crippen molar-refractivity contribution in [3.63, 3.8) is 0 Å². The molecule has 3 aromatic rings. The Hall–Kier alpha value is -2.68. The average Bonchev–Trinajstić information content (AvgIpc) is 2.56. The Balaban J connectivity index is 1.66. The summed E-state index contributed by atoms with van der Waals surface area (Å²) in [4.78, 5) is 15.9. The van der Waals surface area contributed by atoms with Crippen molar-refractivity contribution >= 4 is 16.7 Å². The van der Waals surface area contributed by atoms with E-state index in [-0.39, 0.29) is 5.91 Å². The maximum Gasteiger partial charge on any atom is 0.251 e. The van der Waals surface area contributed by atoms with Gasteiger partial charge in [-0.1, -0.05) is 42.5 Å². The SMILES string of the molecule is O=C(NCCc1cccc2ccccc12)c1ccncc1. The van der Waals surface area contributed by atoms with Crippen molar-refractivity contribution in [1.29, 1.82) is 0 Å². The van der Waals surface area contributed by atoms with Gasteiger partial charge in [-0.2, -0.15) is 0 Å². The van der Waals surface area contributed by atoms with Crippen LogP contribution in [0.3, 0.4) is 0 Å². The summed E-state index contributed by atoms with van der Waals surface area (Å²) in [6.45, 7) is 0.620. The number of fused-ring (bicyclic) bond motifs is 1. The van der Waals surface area contributed by atoms with E-state index in [1.807, 2.05) is 12.1 Å². The normalized spacial score (nSPS) is 10.5. The molecule has 21 heavy (non-hydrogen) atoms. The fourth-order valence-corrected chi connectivity index (χ4v) is 2.43. The second-order valence-corrected chi connectivity index (χ2v) is 4.88. The number of benzene rings is 2. The first-order valence-electron chi connectivity index (χ1n) is 6.99. The lowest BCUT2D eigenvalue weighted by molar-refractivity contribution is 0.0954. The second-order valence-electron chi connectivity index (χ2n) is 4.88. The smallest absolute Gasteiger partial charge is 0.251 e. The molecule has 1 aromatic heterocycles. The Kier molecular flexibility index (Phi) is 3.92. The van der Waals surface area contributed by atoms with Crippen LogP contribution in [0.1, 0.15) is 15.9 Å². The number of hydrogen-bond donors (Lipinski definition) is 1. The van der Waals surface area contributed by atoms with Crippen LogP contribution in [-0.2, 0) is 6.42 Å². The minimum atomic E-state index is -0.0577. The number of carbonyl (C=O) groups excluding carboxylic acids is 1. The van der Waals surface area contributed by atoms with Crippen molar-refractivity contribution in [1.82, 2.24) is 10.3 Å². The third kappa shape index (κ3) is 3.08. The zero-order chi connectivity index (χ0) is 14.5. The predicted molar refractivity (Wildman–Crippen MR) is 84.2 cm³/mol. The number of amides is 1. The molecule has 0 aliphatic heterocycles. The third-order valence-electron chi connectivity index (χ3n) is 3.50. The summed E-state index contributed by atoms with van der Waals surface area (Å²) in [6, 6.07) is 18.0. The van der Waals surface area contributed by atoms with Gasteiger partial charge >= 0.3 is 0 Å². The zero-order valence-electron chi connectivity index (χ0n) is 11.6. The highest BCUT2D eigenvalue weighted by molar-refractivity contribution is 5.94. The molecule has 0 aliphatic rings. The number of rotatable bonds is 4. The van der Waals surface area contributed by atoms with E-state index in [9.17, 15) is 4.79 Å². The molecule has 3 heteroatoms. The molecule has 1 N–H and O–H groups in total. The maximum absolute atomic E-state index is 12.0. The first-order chi connectivity index (χ1) is 10.3. The molecule has 3 nitrogen and oxygen atoms in total. The molecule has 0 saturated carbocycles. The topological polar surface area (TPSA) is 42.0 Å². The van der Waals surface area contributed by atoms with E-state index in [0.717, 1.165) is 6.42 Å². The van der Waals surface area contributed by atoms with Gasteiger partial charge in [-0.25, -0.2) is 0 Å². The molecule has 3 rings (SSSR count). The van der Waals surface area contributed by atoms with Gasteiger partial charge in [0.05, 0.1) is 0 Å². The van der Waals surface area contributed by atoms with Crippen molar-refractivity contribution < 1.29 is 4.79 Å². The highest BCUT2D eigenvalue weighted by atomic mass is 16.1. The monoisotopic (exact) mass is 276 g/mol. The molecule has 0 bridgehead atoms. The van der Waals surface area contributed by atoms with Crippen LogP contribution in [0.2, 0.25) is 0 Å². The van der Waals surface area contributed by atoms with Gasteiger partial charge in [0.25, 0.3) is 5.91 Å². The molecule has 0 unspecified atom stereocenters. The Labute approximate surface area is 123 Å². The Morgan fingerprint density at radius 2 is 1.71 bits per heavy atom. The van der Waals surface area contributed by atoms with E-state index in [1.54, 1.807) is 24.5 Å². The number of aromatic nitrogens is 1. The predicted octanol–water partition coefficient (Wildman–Crippen LogP) is 3.21. The lowest BCUT2D eigenvalue weighted by Gasteiger charge is -2.08. The van der Waals surface area contributed by atoms with Gasteiger partial charge in [0.1, 0.15) is 0 Å². The first-order valence-corrected chi connectivity index (χ1v) is 6.99. The van der Waals surface area contributed by atoms with Gasteiger partial charge in [0, 0.05) is 24.5 Å². The lowest BCUT2D eigenvalue weighted by atomic mass is 10.0. The number of nitrogens with zero attached hydrogens (tertiary/aromatic N) is 1. The molecule has 1 amide bonds. The standard InChI is InChI=1S/C18H16N2O/c21-18(16-8-11-19-12-9-16)20-13-10-15-6-3-5-14-4-1-2-7-17(14)15/h1-9,11-12H,10,13H2,(H,20,21). The lowest BCUT2D eigenvalue weighted by Crippen LogP contribution is -2.25. The number of carbonyl (C=O) groups is 1. The fourth-order valence-electron chi connectivity index (χ4n) is 2.43. The van der Waals surface area contributed by atoms with Crippen LogP contribution in [0.5, 0.6) is 0 Å². The van der Waals surface area contributed by atoms with Crippen LogP contribution in [0.25, 0.3) is 10.8 Å². The Bertz CT molecular complexity index is 748. The van der Waals surface area contributed by atoms with E-state index in [4.69, 9.17) is 0 Å². The molecule has 0 saturated heterocycles. The summed E-state index contributed by atoms with van der Waals surface area (Å²) in [5.74, 6) is -0.0577. The van der Waals surface area contributed by atoms with Gasteiger partial charge in [-0.3, -0.25) is 9.78 Å². The zero-order valence-corrected chi connectivity index (χ0v) is 11.6. The number of pyridine rings is 1. The molecular formula is C18H16N2O. The molecule has 0 fully saturated rings. The van der Waals surface area contributed by atoms with Crippen molar-refractivity contribution in [2.24, 2.45) is 0 Å². The first kappa shape index (κ1) is 13.3. The van der Waals surface area contributed by atoms with Crippen LogP contribution >= 0.6 is 0 Å². The summed E-state index contributed by atoms with van der Waals surface area (Å²) in [7, 11) is 0. The van der Waals surface area contributed by atoms with Crippen molar-refractivity contribution in [2.45, 2.75) is 6.42 Å². The molecule has 0 radical (unpaired) electrons. The average molecular weight is 276 g/mol. The molecule has 0 spiro atoms. The van der Waals surface area contributed by atoms with E-state index >= 15 is 0 Å². The molecule has 104 valence electrons. The quantitative estimate of drug-likeness (QED) is 0.795. The molecule has 2 aromatic carbocycles. The minimum Gasteiger partial charge on any atom is -0.352 e. The summed E-state index contributed by atoms with van der Waals surface area (Å²) in [5, 5.41) is 5.43. The highest BCUT2D eigenvalue weighted by Gasteiger charge is 2.05. The summed E-state index contributed by atoms with van der Waals surface area (Å²) in [5.41, 5.74) is 1.89. The maximum atomic E-state index is 12.0. The van der Waals surface area contributed by atoms with E-state index < -0.39 is 0 Å². The largest absolute Gasteiger partial charge is 0.352 e. The van der Waals surface area contributed by atoms with Crippen molar-refractivity contribution in [3.05, 3.63) is 78.1 Å². The van der Waals surface area contributed by atoms with Crippen LogP contribution in [-0.4, -0.2) is 17.4 Å². The van der Waals surface area contributed by atoms with Crippen molar-refractivity contribution in [3.8, 4) is 0 Å². The minimum absolute atomic E-state index is 0.0577. The van der Waals surface area contributed by atoms with Gasteiger partial charge in [-0.15, -0.1) is 0 Å². The third-order valence-corrected chi connectivity index (χ3v) is 3.50. The molecule has 0 atom stereocenters. The molecule has 1 heterocycles.